The van der Waals surface area contributed by atoms with Crippen LogP contribution in [0.1, 0.15) is 28.8 Å². The standard InChI is InChI=1S/C16H21ClN4/c1-20(2)7-8-21-16(14(17)10-19-21)15(18)13-9-11-5-3-4-6-12(11)13/h3-6,10,13,15H,7-9,18H2,1-2H3. The van der Waals surface area contributed by atoms with Crippen LogP contribution in [-0.2, 0) is 13.0 Å². The van der Waals surface area contributed by atoms with Gasteiger partial charge in [-0.1, -0.05) is 35.9 Å². The molecule has 2 atom stereocenters. The van der Waals surface area contributed by atoms with Crippen LogP contribution in [0, 0.1) is 0 Å². The smallest absolute Gasteiger partial charge is 0.0834 e. The number of nitrogens with zero attached hydrogens (tertiary/aromatic N) is 3. The second kappa shape index (κ2) is 5.79. The molecule has 112 valence electrons. The van der Waals surface area contributed by atoms with Crippen molar-refractivity contribution in [3.05, 3.63) is 52.3 Å². The fourth-order valence-corrected chi connectivity index (χ4v) is 3.25. The molecular formula is C16H21ClN4. The van der Waals surface area contributed by atoms with Crippen LogP contribution >= 0.6 is 11.6 Å². The Morgan fingerprint density at radius 3 is 2.90 bits per heavy atom. The van der Waals surface area contributed by atoms with E-state index in [-0.39, 0.29) is 6.04 Å². The minimum atomic E-state index is -0.0999. The van der Waals surface area contributed by atoms with E-state index in [0.29, 0.717) is 10.9 Å². The van der Waals surface area contributed by atoms with Crippen molar-refractivity contribution in [1.29, 1.82) is 0 Å². The molecule has 1 aliphatic carbocycles. The number of hydrogen-bond donors (Lipinski definition) is 1. The number of halogens is 1. The van der Waals surface area contributed by atoms with E-state index in [1.807, 2.05) is 18.8 Å². The largest absolute Gasteiger partial charge is 0.322 e. The third-order valence-corrected chi connectivity index (χ3v) is 4.53. The van der Waals surface area contributed by atoms with Crippen molar-refractivity contribution < 1.29 is 0 Å². The Labute approximate surface area is 130 Å². The van der Waals surface area contributed by atoms with Gasteiger partial charge in [-0.25, -0.2) is 0 Å². The van der Waals surface area contributed by atoms with Crippen LogP contribution in [0.5, 0.6) is 0 Å². The SMILES string of the molecule is CN(C)CCn1ncc(Cl)c1C(N)C1Cc2ccccc21. The Morgan fingerprint density at radius 1 is 1.43 bits per heavy atom. The summed E-state index contributed by atoms with van der Waals surface area (Å²) in [6.45, 7) is 1.72. The fraction of sp³-hybridized carbons (Fsp3) is 0.438. The minimum Gasteiger partial charge on any atom is -0.322 e. The predicted octanol–water partition coefficient (Wildman–Crippen LogP) is 2.44. The van der Waals surface area contributed by atoms with Crippen LogP contribution in [0.25, 0.3) is 0 Å². The first-order chi connectivity index (χ1) is 10.1. The third-order valence-electron chi connectivity index (χ3n) is 4.24. The molecule has 0 radical (unpaired) electrons. The van der Waals surface area contributed by atoms with E-state index < -0.39 is 0 Å². The molecular weight excluding hydrogens is 284 g/mol. The summed E-state index contributed by atoms with van der Waals surface area (Å²) < 4.78 is 1.95. The highest BCUT2D eigenvalue weighted by atomic mass is 35.5. The van der Waals surface area contributed by atoms with Gasteiger partial charge in [0.2, 0.25) is 0 Å². The Balaban J connectivity index is 1.82. The van der Waals surface area contributed by atoms with Gasteiger partial charge in [0, 0.05) is 12.5 Å². The lowest BCUT2D eigenvalue weighted by atomic mass is 9.73. The van der Waals surface area contributed by atoms with Gasteiger partial charge in [-0.15, -0.1) is 0 Å². The molecule has 3 rings (SSSR count). The summed E-state index contributed by atoms with van der Waals surface area (Å²) in [5, 5.41) is 5.06. The van der Waals surface area contributed by atoms with Crippen LogP contribution in [0.15, 0.2) is 30.5 Å². The molecule has 2 unspecified atom stereocenters. The second-order valence-electron chi connectivity index (χ2n) is 5.94. The van der Waals surface area contributed by atoms with E-state index in [0.717, 1.165) is 25.2 Å². The van der Waals surface area contributed by atoms with Gasteiger partial charge < -0.3 is 10.6 Å². The Kier molecular flexibility index (Phi) is 4.02. The van der Waals surface area contributed by atoms with Crippen molar-refractivity contribution in [1.82, 2.24) is 14.7 Å². The average Bonchev–Trinajstić information content (AvgIpc) is 2.79. The summed E-state index contributed by atoms with van der Waals surface area (Å²) in [4.78, 5) is 2.13. The summed E-state index contributed by atoms with van der Waals surface area (Å²) in [7, 11) is 4.10. The van der Waals surface area contributed by atoms with Gasteiger partial charge in [0.05, 0.1) is 29.5 Å². The van der Waals surface area contributed by atoms with Crippen LogP contribution in [0.4, 0.5) is 0 Å². The van der Waals surface area contributed by atoms with Gasteiger partial charge >= 0.3 is 0 Å². The highest BCUT2D eigenvalue weighted by Crippen LogP contribution is 2.43. The van der Waals surface area contributed by atoms with E-state index >= 15 is 0 Å². The first-order valence-corrected chi connectivity index (χ1v) is 7.65. The van der Waals surface area contributed by atoms with Crippen LogP contribution in [-0.4, -0.2) is 35.3 Å². The Hall–Kier alpha value is -1.36. The molecule has 1 aromatic carbocycles. The first-order valence-electron chi connectivity index (χ1n) is 7.27. The first kappa shape index (κ1) is 14.6. The maximum Gasteiger partial charge on any atom is 0.0834 e. The minimum absolute atomic E-state index is 0.0999. The molecule has 21 heavy (non-hydrogen) atoms. The predicted molar refractivity (Wildman–Crippen MR) is 85.6 cm³/mol. The zero-order valence-electron chi connectivity index (χ0n) is 12.5. The van der Waals surface area contributed by atoms with Crippen molar-refractivity contribution in [3.63, 3.8) is 0 Å². The summed E-state index contributed by atoms with van der Waals surface area (Å²) in [6.07, 6.45) is 2.73. The number of nitrogens with two attached hydrogens (primary N) is 1. The van der Waals surface area contributed by atoms with Crippen molar-refractivity contribution >= 4 is 11.6 Å². The quantitative estimate of drug-likeness (QED) is 0.923. The van der Waals surface area contributed by atoms with Crippen LogP contribution < -0.4 is 5.73 Å². The highest BCUT2D eigenvalue weighted by Gasteiger charge is 2.34. The van der Waals surface area contributed by atoms with Crippen molar-refractivity contribution in [2.75, 3.05) is 20.6 Å². The van der Waals surface area contributed by atoms with Gasteiger partial charge in [0.15, 0.2) is 0 Å². The van der Waals surface area contributed by atoms with E-state index in [1.54, 1.807) is 6.20 Å². The second-order valence-corrected chi connectivity index (χ2v) is 6.35. The Bertz CT molecular complexity index is 635. The van der Waals surface area contributed by atoms with Gasteiger partial charge in [0.25, 0.3) is 0 Å². The summed E-state index contributed by atoms with van der Waals surface area (Å²) in [5.41, 5.74) is 10.2. The molecule has 5 heteroatoms. The highest BCUT2D eigenvalue weighted by molar-refractivity contribution is 6.31. The van der Waals surface area contributed by atoms with Gasteiger partial charge in [-0.05, 0) is 31.6 Å². The normalized spacial score (nSPS) is 18.4. The number of fused-ring (bicyclic) bond motifs is 1. The molecule has 0 fully saturated rings. The number of likely N-dealkylation sites (N-methyl/N-ethyl adjacent to an activating group) is 1. The molecule has 0 spiro atoms. The monoisotopic (exact) mass is 304 g/mol. The lowest BCUT2D eigenvalue weighted by Crippen LogP contribution is -2.31. The number of aromatic nitrogens is 2. The van der Waals surface area contributed by atoms with Gasteiger partial charge in [0.1, 0.15) is 0 Å². The molecule has 0 saturated heterocycles. The fourth-order valence-electron chi connectivity index (χ4n) is 2.98. The molecule has 1 aliphatic rings. The molecule has 1 heterocycles. The summed E-state index contributed by atoms with van der Waals surface area (Å²) in [6, 6.07) is 8.39. The van der Waals surface area contributed by atoms with E-state index in [4.69, 9.17) is 17.3 Å². The summed E-state index contributed by atoms with van der Waals surface area (Å²) in [5.74, 6) is 0.341. The molecule has 4 nitrogen and oxygen atoms in total. The molecule has 0 aliphatic heterocycles. The topological polar surface area (TPSA) is 47.1 Å². The lowest BCUT2D eigenvalue weighted by Gasteiger charge is -2.35. The van der Waals surface area contributed by atoms with E-state index in [1.165, 1.54) is 11.1 Å². The average molecular weight is 305 g/mol. The van der Waals surface area contributed by atoms with Crippen molar-refractivity contribution in [2.24, 2.45) is 5.73 Å². The van der Waals surface area contributed by atoms with Gasteiger partial charge in [-0.2, -0.15) is 5.10 Å². The number of rotatable bonds is 5. The van der Waals surface area contributed by atoms with Crippen molar-refractivity contribution in [3.8, 4) is 0 Å². The van der Waals surface area contributed by atoms with Crippen LogP contribution in [0.3, 0.4) is 0 Å². The van der Waals surface area contributed by atoms with Crippen LogP contribution in [0.2, 0.25) is 5.02 Å². The maximum absolute atomic E-state index is 6.51. The summed E-state index contributed by atoms with van der Waals surface area (Å²) >= 11 is 6.33. The maximum atomic E-state index is 6.51. The van der Waals surface area contributed by atoms with Gasteiger partial charge in [-0.3, -0.25) is 4.68 Å². The zero-order chi connectivity index (χ0) is 15.0. The molecule has 2 N–H and O–H groups in total. The zero-order valence-corrected chi connectivity index (χ0v) is 13.2. The van der Waals surface area contributed by atoms with Crippen molar-refractivity contribution in [2.45, 2.75) is 24.9 Å². The number of benzene rings is 1. The number of hydrogen-bond acceptors (Lipinski definition) is 3. The lowest BCUT2D eigenvalue weighted by molar-refractivity contribution is 0.361. The molecule has 0 amide bonds. The molecule has 2 aromatic rings. The molecule has 0 saturated carbocycles. The Morgan fingerprint density at radius 2 is 2.19 bits per heavy atom. The van der Waals surface area contributed by atoms with E-state index in [9.17, 15) is 0 Å². The van der Waals surface area contributed by atoms with E-state index in [2.05, 4.69) is 34.3 Å². The molecule has 0 bridgehead atoms. The third kappa shape index (κ3) is 2.71. The molecule has 1 aromatic heterocycles.